The lowest BCUT2D eigenvalue weighted by Crippen LogP contribution is -2.44. The highest BCUT2D eigenvalue weighted by molar-refractivity contribution is 7.86. The predicted octanol–water partition coefficient (Wildman–Crippen LogP) is 4.79. The third-order valence-corrected chi connectivity index (χ3v) is 12.0. The van der Waals surface area contributed by atoms with Crippen LogP contribution in [0, 0.1) is 6.92 Å². The third-order valence-electron chi connectivity index (χ3n) is 6.24. The Kier molecular flexibility index (Phi) is 11.1. The molecule has 2 aromatic rings. The van der Waals surface area contributed by atoms with Gasteiger partial charge in [-0.3, -0.25) is 4.18 Å². The molecule has 0 fully saturated rings. The highest BCUT2D eigenvalue weighted by atomic mass is 32.2. The normalized spacial score (nSPS) is 14.3. The van der Waals surface area contributed by atoms with E-state index < -0.39 is 37.3 Å². The third kappa shape index (κ3) is 8.78. The fraction of sp³-hybridized carbons (Fsp3) is 0.538. The van der Waals surface area contributed by atoms with Crippen LogP contribution in [-0.4, -0.2) is 62.4 Å². The molecule has 0 unspecified atom stereocenters. The number of aliphatic hydroxyl groups is 1. The second-order valence-electron chi connectivity index (χ2n) is 10.2. The lowest BCUT2D eigenvalue weighted by molar-refractivity contribution is -0.00127. The second-order valence-corrected chi connectivity index (χ2v) is 16.6. The Bertz CT molecular complexity index is 1100. The summed E-state index contributed by atoms with van der Waals surface area (Å²) < 4.78 is 58.6. The van der Waals surface area contributed by atoms with Gasteiger partial charge in [-0.05, 0) is 54.9 Å². The van der Waals surface area contributed by atoms with Crippen molar-refractivity contribution in [1.29, 1.82) is 0 Å². The van der Waals surface area contributed by atoms with Gasteiger partial charge in [0.05, 0.1) is 17.6 Å². The molecule has 9 nitrogen and oxygen atoms in total. The van der Waals surface area contributed by atoms with Crippen molar-refractivity contribution < 1.29 is 41.1 Å². The molecule has 0 aliphatic rings. The van der Waals surface area contributed by atoms with E-state index >= 15 is 0 Å². The van der Waals surface area contributed by atoms with Crippen molar-refractivity contribution in [3.63, 3.8) is 0 Å². The first kappa shape index (κ1) is 31.2. The zero-order valence-electron chi connectivity index (χ0n) is 22.9. The molecule has 0 bridgehead atoms. The van der Waals surface area contributed by atoms with Crippen LogP contribution in [0.25, 0.3) is 0 Å². The summed E-state index contributed by atoms with van der Waals surface area (Å²) in [6.07, 6.45) is -2.19. The topological polar surface area (TPSA) is 110 Å². The van der Waals surface area contributed by atoms with Gasteiger partial charge in [-0.1, -0.05) is 44.5 Å². The van der Waals surface area contributed by atoms with Crippen LogP contribution in [0.3, 0.4) is 0 Å². The first-order valence-electron chi connectivity index (χ1n) is 11.9. The fourth-order valence-corrected chi connectivity index (χ4v) is 5.27. The largest absolute Gasteiger partial charge is 0.464 e. The summed E-state index contributed by atoms with van der Waals surface area (Å²) in [6.45, 7) is 11.7. The van der Waals surface area contributed by atoms with E-state index in [-0.39, 0.29) is 23.5 Å². The summed E-state index contributed by atoms with van der Waals surface area (Å²) in [7, 11) is -3.49. The minimum absolute atomic E-state index is 0.0138. The summed E-state index contributed by atoms with van der Waals surface area (Å²) >= 11 is 0. The van der Waals surface area contributed by atoms with Gasteiger partial charge >= 0.3 is 0 Å². The monoisotopic (exact) mass is 556 g/mol. The van der Waals surface area contributed by atoms with Crippen LogP contribution in [0.15, 0.2) is 47.4 Å². The van der Waals surface area contributed by atoms with Crippen LogP contribution < -0.4 is 9.47 Å². The van der Waals surface area contributed by atoms with E-state index in [1.54, 1.807) is 30.3 Å². The van der Waals surface area contributed by atoms with Crippen molar-refractivity contribution in [3.8, 4) is 11.5 Å². The Balaban J connectivity index is 2.40. The smallest absolute Gasteiger partial charge is 0.297 e. The summed E-state index contributed by atoms with van der Waals surface area (Å²) in [5, 5.41) is 11.0. The standard InChI is InChI=1S/C26H40O9SSi/c1-19-9-12-21(13-10-19)36(28,29)34-16-22(27)25(35-37(7,8)26(2,3)4)20-11-14-23(32-17-30-5)24(15-20)33-18-31-6/h9-15,22,25,27H,16-18H2,1-8H3/t22-,25-/m1/s1. The molecule has 0 saturated heterocycles. The molecule has 0 spiro atoms. The average Bonchev–Trinajstić information content (AvgIpc) is 2.83. The predicted molar refractivity (Wildman–Crippen MR) is 143 cm³/mol. The molecule has 2 rings (SSSR count). The number of hydrogen-bond donors (Lipinski definition) is 1. The van der Waals surface area contributed by atoms with E-state index in [9.17, 15) is 13.5 Å². The molecule has 2 atom stereocenters. The number of hydrogen-bond acceptors (Lipinski definition) is 9. The molecule has 0 aliphatic carbocycles. The molecule has 0 aliphatic heterocycles. The van der Waals surface area contributed by atoms with Gasteiger partial charge in [-0.2, -0.15) is 8.42 Å². The zero-order chi connectivity index (χ0) is 27.9. The number of aliphatic hydroxyl groups excluding tert-OH is 1. The molecule has 2 aromatic carbocycles. The highest BCUT2D eigenvalue weighted by Gasteiger charge is 2.41. The quantitative estimate of drug-likeness (QED) is 0.199. The Labute approximate surface area is 221 Å². The van der Waals surface area contributed by atoms with Gasteiger partial charge in [-0.25, -0.2) is 0 Å². The minimum atomic E-state index is -4.08. The summed E-state index contributed by atoms with van der Waals surface area (Å²) in [5.41, 5.74) is 1.50. The molecule has 208 valence electrons. The minimum Gasteiger partial charge on any atom is -0.464 e. The van der Waals surface area contributed by atoms with Crippen molar-refractivity contribution in [1.82, 2.24) is 0 Å². The van der Waals surface area contributed by atoms with Crippen molar-refractivity contribution in [2.75, 3.05) is 34.4 Å². The van der Waals surface area contributed by atoms with Crippen LogP contribution in [0.2, 0.25) is 18.1 Å². The summed E-state index contributed by atoms with van der Waals surface area (Å²) in [4.78, 5) is 0.0158. The molecular formula is C26H40O9SSi. The Morgan fingerprint density at radius 2 is 1.49 bits per heavy atom. The van der Waals surface area contributed by atoms with Crippen LogP contribution in [-0.2, 0) is 28.2 Å². The van der Waals surface area contributed by atoms with Gasteiger partial charge in [0.25, 0.3) is 10.1 Å². The maximum atomic E-state index is 12.7. The second kappa shape index (κ2) is 13.2. The van der Waals surface area contributed by atoms with Gasteiger partial charge in [0.2, 0.25) is 0 Å². The number of methoxy groups -OCH3 is 2. The van der Waals surface area contributed by atoms with Crippen LogP contribution in [0.4, 0.5) is 0 Å². The number of benzene rings is 2. The molecule has 0 heterocycles. The Morgan fingerprint density at radius 3 is 2.03 bits per heavy atom. The SMILES string of the molecule is COCOc1ccc([C@@H](O[Si](C)(C)C(C)(C)C)[C@H](O)COS(=O)(=O)c2ccc(C)cc2)cc1OCOC. The molecule has 37 heavy (non-hydrogen) atoms. The van der Waals surface area contributed by atoms with Gasteiger partial charge in [0.1, 0.15) is 6.10 Å². The lowest BCUT2D eigenvalue weighted by Gasteiger charge is -2.40. The van der Waals surface area contributed by atoms with Crippen LogP contribution >= 0.6 is 0 Å². The van der Waals surface area contributed by atoms with Crippen molar-refractivity contribution in [2.24, 2.45) is 0 Å². The van der Waals surface area contributed by atoms with Gasteiger partial charge in [-0.15, -0.1) is 0 Å². The molecule has 11 heteroatoms. The van der Waals surface area contributed by atoms with E-state index in [1.165, 1.54) is 26.4 Å². The molecule has 0 radical (unpaired) electrons. The van der Waals surface area contributed by atoms with Crippen molar-refractivity contribution in [2.45, 2.75) is 62.9 Å². The first-order chi connectivity index (χ1) is 17.2. The Hall–Kier alpha value is -1.99. The van der Waals surface area contributed by atoms with E-state index in [1.807, 2.05) is 6.92 Å². The summed E-state index contributed by atoms with van der Waals surface area (Å²) in [6, 6.07) is 11.4. The molecule has 1 N–H and O–H groups in total. The maximum absolute atomic E-state index is 12.7. The van der Waals surface area contributed by atoms with Crippen LogP contribution in [0.5, 0.6) is 11.5 Å². The van der Waals surface area contributed by atoms with E-state index in [0.29, 0.717) is 17.1 Å². The van der Waals surface area contributed by atoms with Gasteiger partial charge in [0, 0.05) is 14.2 Å². The average molecular weight is 557 g/mol. The maximum Gasteiger partial charge on any atom is 0.297 e. The molecule has 0 saturated carbocycles. The van der Waals surface area contributed by atoms with E-state index in [2.05, 4.69) is 33.9 Å². The number of ether oxygens (including phenoxy) is 4. The van der Waals surface area contributed by atoms with Gasteiger partial charge < -0.3 is 28.5 Å². The fourth-order valence-electron chi connectivity index (χ4n) is 3.06. The lowest BCUT2D eigenvalue weighted by atomic mass is 10.0. The first-order valence-corrected chi connectivity index (χ1v) is 16.2. The Morgan fingerprint density at radius 1 is 0.919 bits per heavy atom. The molecule has 0 aromatic heterocycles. The zero-order valence-corrected chi connectivity index (χ0v) is 24.8. The van der Waals surface area contributed by atoms with E-state index in [4.69, 9.17) is 27.6 Å². The summed E-state index contributed by atoms with van der Waals surface area (Å²) in [5.74, 6) is 0.780. The molecular weight excluding hydrogens is 516 g/mol. The number of rotatable bonds is 14. The van der Waals surface area contributed by atoms with Crippen molar-refractivity contribution >= 4 is 18.4 Å². The highest BCUT2D eigenvalue weighted by Crippen LogP contribution is 2.42. The van der Waals surface area contributed by atoms with Crippen LogP contribution in [0.1, 0.15) is 38.0 Å². The van der Waals surface area contributed by atoms with Gasteiger partial charge in [0.15, 0.2) is 33.4 Å². The van der Waals surface area contributed by atoms with E-state index in [0.717, 1.165) is 5.56 Å². The van der Waals surface area contributed by atoms with Crippen molar-refractivity contribution in [3.05, 3.63) is 53.6 Å². The number of aryl methyl sites for hydroxylation is 1. The molecule has 0 amide bonds.